The average Bonchev–Trinajstić information content (AvgIpc) is 3.03. The SMILES string of the molecule is CCCNC(=O)[C@H](Cc1ccccc1)N(Cc1c(Cl)cccc1Cl)C(=O)CN(c1cccc(Cl)c1C)S(=O)(=O)c1ccc(C)cc1. The molecule has 242 valence electrons. The minimum Gasteiger partial charge on any atom is -0.354 e. The first-order valence-electron chi connectivity index (χ1n) is 14.8. The molecule has 1 atom stereocenters. The summed E-state index contributed by atoms with van der Waals surface area (Å²) in [6, 6.07) is 24.5. The molecule has 7 nitrogen and oxygen atoms in total. The molecule has 1 N–H and O–H groups in total. The molecule has 0 fully saturated rings. The highest BCUT2D eigenvalue weighted by Gasteiger charge is 2.35. The van der Waals surface area contributed by atoms with Crippen LogP contribution in [0.5, 0.6) is 0 Å². The van der Waals surface area contributed by atoms with Gasteiger partial charge in [0.1, 0.15) is 12.6 Å². The quantitative estimate of drug-likeness (QED) is 0.156. The fourth-order valence-electron chi connectivity index (χ4n) is 4.99. The summed E-state index contributed by atoms with van der Waals surface area (Å²) in [5.74, 6) is -1.01. The minimum absolute atomic E-state index is 0.00694. The summed E-state index contributed by atoms with van der Waals surface area (Å²) in [6.07, 6.45) is 0.857. The Morgan fingerprint density at radius 1 is 0.804 bits per heavy atom. The maximum Gasteiger partial charge on any atom is 0.264 e. The number of anilines is 1. The van der Waals surface area contributed by atoms with Crippen LogP contribution in [0, 0.1) is 13.8 Å². The number of hydrogen-bond acceptors (Lipinski definition) is 4. The molecule has 0 radical (unpaired) electrons. The Morgan fingerprint density at radius 3 is 2.04 bits per heavy atom. The molecule has 2 amide bonds. The zero-order valence-corrected chi connectivity index (χ0v) is 28.9. The number of carbonyl (C=O) groups excluding carboxylic acids is 2. The van der Waals surface area contributed by atoms with Crippen LogP contribution in [0.15, 0.2) is 95.9 Å². The van der Waals surface area contributed by atoms with Crippen LogP contribution in [0.4, 0.5) is 5.69 Å². The number of halogens is 3. The first-order valence-corrected chi connectivity index (χ1v) is 17.4. The second-order valence-electron chi connectivity index (χ2n) is 10.9. The van der Waals surface area contributed by atoms with Gasteiger partial charge in [-0.05, 0) is 67.8 Å². The van der Waals surface area contributed by atoms with Gasteiger partial charge in [-0.15, -0.1) is 0 Å². The molecule has 4 aromatic rings. The number of aryl methyl sites for hydroxylation is 1. The van der Waals surface area contributed by atoms with Crippen LogP contribution in [0.2, 0.25) is 15.1 Å². The molecule has 0 aliphatic carbocycles. The van der Waals surface area contributed by atoms with Gasteiger partial charge >= 0.3 is 0 Å². The van der Waals surface area contributed by atoms with Gasteiger partial charge in [0, 0.05) is 40.1 Å². The van der Waals surface area contributed by atoms with Crippen LogP contribution in [0.1, 0.15) is 35.6 Å². The Hall–Kier alpha value is -3.56. The average molecular weight is 701 g/mol. The normalized spacial score (nSPS) is 12.0. The zero-order valence-electron chi connectivity index (χ0n) is 25.8. The van der Waals surface area contributed by atoms with Crippen LogP contribution >= 0.6 is 34.8 Å². The van der Waals surface area contributed by atoms with Crippen molar-refractivity contribution in [1.29, 1.82) is 0 Å². The van der Waals surface area contributed by atoms with E-state index in [1.54, 1.807) is 55.5 Å². The molecule has 0 heterocycles. The summed E-state index contributed by atoms with van der Waals surface area (Å²) in [5, 5.41) is 3.89. The van der Waals surface area contributed by atoms with E-state index in [0.29, 0.717) is 39.2 Å². The van der Waals surface area contributed by atoms with E-state index in [0.717, 1.165) is 15.4 Å². The fourth-order valence-corrected chi connectivity index (χ4v) is 7.15. The summed E-state index contributed by atoms with van der Waals surface area (Å²) in [4.78, 5) is 29.8. The van der Waals surface area contributed by atoms with E-state index >= 15 is 0 Å². The van der Waals surface area contributed by atoms with Gasteiger partial charge in [-0.2, -0.15) is 0 Å². The van der Waals surface area contributed by atoms with Crippen molar-refractivity contribution in [2.75, 3.05) is 17.4 Å². The van der Waals surface area contributed by atoms with Gasteiger partial charge in [0.05, 0.1) is 10.6 Å². The Kier molecular flexibility index (Phi) is 12.1. The van der Waals surface area contributed by atoms with Crippen molar-refractivity contribution in [3.05, 3.63) is 128 Å². The molecule has 0 aromatic heterocycles. The predicted molar refractivity (Wildman–Crippen MR) is 186 cm³/mol. The van der Waals surface area contributed by atoms with Gasteiger partial charge in [-0.3, -0.25) is 13.9 Å². The Morgan fingerprint density at radius 2 is 1.41 bits per heavy atom. The van der Waals surface area contributed by atoms with Crippen LogP contribution in [-0.2, 0) is 32.6 Å². The molecular weight excluding hydrogens is 665 g/mol. The van der Waals surface area contributed by atoms with Crippen LogP contribution in [0.25, 0.3) is 0 Å². The van der Waals surface area contributed by atoms with Crippen molar-refractivity contribution in [2.45, 2.75) is 51.1 Å². The number of nitrogens with zero attached hydrogens (tertiary/aromatic N) is 2. The summed E-state index contributed by atoms with van der Waals surface area (Å²) in [5.41, 5.74) is 2.86. The number of hydrogen-bond donors (Lipinski definition) is 1. The third-order valence-electron chi connectivity index (χ3n) is 7.61. The first-order chi connectivity index (χ1) is 21.9. The predicted octanol–water partition coefficient (Wildman–Crippen LogP) is 7.63. The van der Waals surface area contributed by atoms with Gasteiger partial charge < -0.3 is 10.2 Å². The van der Waals surface area contributed by atoms with E-state index < -0.39 is 28.5 Å². The molecule has 11 heteroatoms. The molecule has 0 saturated carbocycles. The molecule has 4 aromatic carbocycles. The van der Waals surface area contributed by atoms with Crippen molar-refractivity contribution >= 4 is 62.3 Å². The van der Waals surface area contributed by atoms with E-state index in [9.17, 15) is 18.0 Å². The van der Waals surface area contributed by atoms with Gasteiger partial charge in [-0.1, -0.05) is 102 Å². The molecular formula is C35H36Cl3N3O4S. The topological polar surface area (TPSA) is 86.8 Å². The van der Waals surface area contributed by atoms with Crippen molar-refractivity contribution in [2.24, 2.45) is 0 Å². The van der Waals surface area contributed by atoms with E-state index in [2.05, 4.69) is 5.32 Å². The number of amides is 2. The van der Waals surface area contributed by atoms with E-state index in [1.807, 2.05) is 44.2 Å². The second-order valence-corrected chi connectivity index (χ2v) is 14.0. The Bertz CT molecular complexity index is 1760. The standard InChI is InChI=1S/C35H36Cl3N3O4S/c1-4-20-39-35(43)33(21-26-10-6-5-7-11-26)40(22-28-30(37)13-8-14-31(28)38)34(42)23-41(32-15-9-12-29(36)25(32)3)46(44,45)27-18-16-24(2)17-19-27/h5-19,33H,4,20-23H2,1-3H3,(H,39,43)/t33-/m0/s1. The van der Waals surface area contributed by atoms with E-state index in [-0.39, 0.29) is 29.5 Å². The number of benzene rings is 4. The lowest BCUT2D eigenvalue weighted by Crippen LogP contribution is -2.53. The second kappa shape index (κ2) is 15.8. The molecule has 46 heavy (non-hydrogen) atoms. The Labute approximate surface area is 286 Å². The first kappa shape index (κ1) is 35.3. The lowest BCUT2D eigenvalue weighted by Gasteiger charge is -2.34. The smallest absolute Gasteiger partial charge is 0.264 e. The number of rotatable bonds is 13. The van der Waals surface area contributed by atoms with E-state index in [1.165, 1.54) is 17.0 Å². The third-order valence-corrected chi connectivity index (χ3v) is 10.5. The van der Waals surface area contributed by atoms with Crippen molar-refractivity contribution in [3.63, 3.8) is 0 Å². The zero-order chi connectivity index (χ0) is 33.4. The maximum absolute atomic E-state index is 14.6. The Balaban J connectivity index is 1.86. The van der Waals surface area contributed by atoms with Crippen LogP contribution < -0.4 is 9.62 Å². The molecule has 0 spiro atoms. The highest BCUT2D eigenvalue weighted by Crippen LogP contribution is 2.32. The molecule has 0 aliphatic rings. The van der Waals surface area contributed by atoms with Crippen molar-refractivity contribution in [1.82, 2.24) is 10.2 Å². The highest BCUT2D eigenvalue weighted by molar-refractivity contribution is 7.92. The van der Waals surface area contributed by atoms with Crippen molar-refractivity contribution in [3.8, 4) is 0 Å². The summed E-state index contributed by atoms with van der Waals surface area (Å²) in [7, 11) is -4.27. The largest absolute Gasteiger partial charge is 0.354 e. The van der Waals surface area contributed by atoms with Gasteiger partial charge in [0.2, 0.25) is 11.8 Å². The fraction of sp³-hybridized carbons (Fsp3) is 0.257. The summed E-state index contributed by atoms with van der Waals surface area (Å²) in [6.45, 7) is 5.12. The van der Waals surface area contributed by atoms with Gasteiger partial charge in [0.25, 0.3) is 10.0 Å². The molecule has 4 rings (SSSR count). The number of nitrogens with one attached hydrogen (secondary N) is 1. The molecule has 0 saturated heterocycles. The third kappa shape index (κ3) is 8.42. The van der Waals surface area contributed by atoms with Crippen LogP contribution in [0.3, 0.4) is 0 Å². The van der Waals surface area contributed by atoms with Gasteiger partial charge in [-0.25, -0.2) is 8.42 Å². The van der Waals surface area contributed by atoms with Crippen LogP contribution in [-0.4, -0.2) is 44.3 Å². The number of carbonyl (C=O) groups is 2. The lowest BCUT2D eigenvalue weighted by atomic mass is 10.0. The van der Waals surface area contributed by atoms with E-state index in [4.69, 9.17) is 34.8 Å². The van der Waals surface area contributed by atoms with Crippen molar-refractivity contribution < 1.29 is 18.0 Å². The summed E-state index contributed by atoms with van der Waals surface area (Å²) >= 11 is 19.6. The van der Waals surface area contributed by atoms with Gasteiger partial charge in [0.15, 0.2) is 0 Å². The molecule has 0 unspecified atom stereocenters. The molecule has 0 aliphatic heterocycles. The number of sulfonamides is 1. The maximum atomic E-state index is 14.6. The highest BCUT2D eigenvalue weighted by atomic mass is 35.5. The monoisotopic (exact) mass is 699 g/mol. The molecule has 0 bridgehead atoms. The lowest BCUT2D eigenvalue weighted by molar-refractivity contribution is -0.140. The summed E-state index contributed by atoms with van der Waals surface area (Å²) < 4.78 is 29.6. The minimum atomic E-state index is -4.27.